The lowest BCUT2D eigenvalue weighted by atomic mass is 10.2. The van der Waals surface area contributed by atoms with E-state index in [4.69, 9.17) is 4.74 Å². The minimum Gasteiger partial charge on any atom is -0.466 e. The molecule has 140 valence electrons. The van der Waals surface area contributed by atoms with E-state index in [1.54, 1.807) is 6.92 Å². The minimum atomic E-state index is -3.71. The molecule has 6 nitrogen and oxygen atoms in total. The van der Waals surface area contributed by atoms with Gasteiger partial charge in [0.15, 0.2) is 0 Å². The van der Waals surface area contributed by atoms with Gasteiger partial charge in [-0.2, -0.15) is 0 Å². The molecule has 1 aliphatic heterocycles. The van der Waals surface area contributed by atoms with Crippen LogP contribution in [0.25, 0.3) is 0 Å². The van der Waals surface area contributed by atoms with Gasteiger partial charge in [0.25, 0.3) is 0 Å². The van der Waals surface area contributed by atoms with E-state index < -0.39 is 15.8 Å². The second kappa shape index (κ2) is 9.26. The first-order valence-corrected chi connectivity index (χ1v) is 10.0. The molecule has 1 heterocycles. The van der Waals surface area contributed by atoms with Gasteiger partial charge in [0, 0.05) is 19.0 Å². The third-order valence-electron chi connectivity index (χ3n) is 4.11. The molecule has 1 aromatic carbocycles. The number of likely N-dealkylation sites (tertiary alicyclic amines) is 1. The van der Waals surface area contributed by atoms with Gasteiger partial charge in [-0.05, 0) is 57.5 Å². The Morgan fingerprint density at radius 1 is 1.40 bits per heavy atom. The summed E-state index contributed by atoms with van der Waals surface area (Å²) in [4.78, 5) is 13.4. The molecule has 0 aromatic heterocycles. The number of halogens is 1. The van der Waals surface area contributed by atoms with Crippen LogP contribution in [-0.2, 0) is 19.6 Å². The highest BCUT2D eigenvalue weighted by Gasteiger charge is 2.27. The fraction of sp³-hybridized carbons (Fsp3) is 0.588. The van der Waals surface area contributed by atoms with E-state index in [1.807, 2.05) is 0 Å². The molecule has 8 heteroatoms. The van der Waals surface area contributed by atoms with Crippen LogP contribution in [0.3, 0.4) is 0 Å². The van der Waals surface area contributed by atoms with Crippen molar-refractivity contribution in [3.8, 4) is 0 Å². The van der Waals surface area contributed by atoms with Crippen LogP contribution < -0.4 is 4.72 Å². The molecule has 2 rings (SSSR count). The first-order chi connectivity index (χ1) is 11.9. The van der Waals surface area contributed by atoms with E-state index in [0.717, 1.165) is 32.0 Å². The third-order valence-corrected chi connectivity index (χ3v) is 5.63. The van der Waals surface area contributed by atoms with E-state index in [-0.39, 0.29) is 16.9 Å². The van der Waals surface area contributed by atoms with Crippen LogP contribution in [0.1, 0.15) is 32.6 Å². The van der Waals surface area contributed by atoms with Crippen molar-refractivity contribution in [3.05, 3.63) is 30.1 Å². The van der Waals surface area contributed by atoms with E-state index in [9.17, 15) is 17.6 Å². The lowest BCUT2D eigenvalue weighted by Gasteiger charge is -2.16. The van der Waals surface area contributed by atoms with Crippen molar-refractivity contribution < 1.29 is 22.3 Å². The van der Waals surface area contributed by atoms with Crippen molar-refractivity contribution in [2.45, 2.75) is 43.5 Å². The van der Waals surface area contributed by atoms with Gasteiger partial charge in [-0.1, -0.05) is 6.07 Å². The fourth-order valence-electron chi connectivity index (χ4n) is 2.89. The molecule has 1 N–H and O–H groups in total. The Labute approximate surface area is 148 Å². The Morgan fingerprint density at radius 2 is 2.20 bits per heavy atom. The highest BCUT2D eigenvalue weighted by atomic mass is 32.2. The van der Waals surface area contributed by atoms with Crippen LogP contribution >= 0.6 is 0 Å². The molecule has 0 amide bonds. The van der Waals surface area contributed by atoms with Gasteiger partial charge < -0.3 is 9.64 Å². The predicted octanol–water partition coefficient (Wildman–Crippen LogP) is 1.91. The number of hydrogen-bond acceptors (Lipinski definition) is 5. The minimum absolute atomic E-state index is 0.0552. The number of nitrogens with one attached hydrogen (secondary N) is 1. The topological polar surface area (TPSA) is 75.7 Å². The molecule has 25 heavy (non-hydrogen) atoms. The smallest absolute Gasteiger partial charge is 0.305 e. The van der Waals surface area contributed by atoms with Gasteiger partial charge in [0.2, 0.25) is 10.0 Å². The first kappa shape index (κ1) is 19.8. The quantitative estimate of drug-likeness (QED) is 0.529. The van der Waals surface area contributed by atoms with Crippen LogP contribution in [0.15, 0.2) is 29.2 Å². The standard InChI is InChI=1S/C17H25FN2O4S/c1-2-24-17(21)8-3-4-10-20-11-9-15(13-20)19-25(22,23)16-7-5-6-14(18)12-16/h5-7,12,15,19H,2-4,8-11,13H2,1H3. The zero-order valence-corrected chi connectivity index (χ0v) is 15.2. The summed E-state index contributed by atoms with van der Waals surface area (Å²) in [5.74, 6) is -0.748. The average Bonchev–Trinajstić information content (AvgIpc) is 2.98. The molecule has 0 saturated carbocycles. The molecule has 0 bridgehead atoms. The average molecular weight is 372 g/mol. The third kappa shape index (κ3) is 6.37. The number of esters is 1. The molecule has 1 aromatic rings. The van der Waals surface area contributed by atoms with Gasteiger partial charge in [0.05, 0.1) is 11.5 Å². The number of sulfonamides is 1. The molecule has 0 aliphatic carbocycles. The second-order valence-corrected chi connectivity index (χ2v) is 7.84. The van der Waals surface area contributed by atoms with Crippen molar-refractivity contribution >= 4 is 16.0 Å². The molecule has 1 fully saturated rings. The van der Waals surface area contributed by atoms with Gasteiger partial charge in [-0.25, -0.2) is 17.5 Å². The monoisotopic (exact) mass is 372 g/mol. The molecule has 1 aliphatic rings. The summed E-state index contributed by atoms with van der Waals surface area (Å²) in [6, 6.07) is 4.82. The number of carbonyl (C=O) groups excluding carboxylic acids is 1. The van der Waals surface area contributed by atoms with Crippen molar-refractivity contribution in [2.24, 2.45) is 0 Å². The SMILES string of the molecule is CCOC(=O)CCCCN1CCC(NS(=O)(=O)c2cccc(F)c2)C1. The van der Waals surface area contributed by atoms with Gasteiger partial charge >= 0.3 is 5.97 Å². The highest BCUT2D eigenvalue weighted by molar-refractivity contribution is 7.89. The van der Waals surface area contributed by atoms with Crippen LogP contribution in [0.4, 0.5) is 4.39 Å². The normalized spacial score (nSPS) is 18.4. The number of unbranched alkanes of at least 4 members (excludes halogenated alkanes) is 1. The molecule has 0 spiro atoms. The number of nitrogens with zero attached hydrogens (tertiary/aromatic N) is 1. The van der Waals surface area contributed by atoms with Crippen LogP contribution in [0, 0.1) is 5.82 Å². The summed E-state index contributed by atoms with van der Waals surface area (Å²) >= 11 is 0. The summed E-state index contributed by atoms with van der Waals surface area (Å²) in [6.45, 7) is 4.42. The molecule has 1 saturated heterocycles. The molecule has 1 unspecified atom stereocenters. The Kier molecular flexibility index (Phi) is 7.34. The predicted molar refractivity (Wildman–Crippen MR) is 92.1 cm³/mol. The van der Waals surface area contributed by atoms with E-state index in [2.05, 4.69) is 9.62 Å². The Hall–Kier alpha value is -1.51. The Balaban J connectivity index is 1.74. The molecular weight excluding hydrogens is 347 g/mol. The number of carbonyl (C=O) groups is 1. The van der Waals surface area contributed by atoms with Crippen molar-refractivity contribution in [1.82, 2.24) is 9.62 Å². The maximum absolute atomic E-state index is 13.2. The molecule has 0 radical (unpaired) electrons. The fourth-order valence-corrected chi connectivity index (χ4v) is 4.18. The zero-order valence-electron chi connectivity index (χ0n) is 14.4. The van der Waals surface area contributed by atoms with Crippen molar-refractivity contribution in [2.75, 3.05) is 26.2 Å². The van der Waals surface area contributed by atoms with E-state index >= 15 is 0 Å². The first-order valence-electron chi connectivity index (χ1n) is 8.56. The maximum Gasteiger partial charge on any atom is 0.305 e. The lowest BCUT2D eigenvalue weighted by molar-refractivity contribution is -0.143. The van der Waals surface area contributed by atoms with Crippen molar-refractivity contribution in [1.29, 1.82) is 0 Å². The number of hydrogen-bond donors (Lipinski definition) is 1. The van der Waals surface area contributed by atoms with Crippen LogP contribution in [0.2, 0.25) is 0 Å². The zero-order chi connectivity index (χ0) is 18.3. The molecule has 1 atom stereocenters. The summed E-state index contributed by atoms with van der Waals surface area (Å²) in [6.07, 6.45) is 2.75. The largest absolute Gasteiger partial charge is 0.466 e. The number of ether oxygens (including phenoxy) is 1. The molecular formula is C17H25FN2O4S. The van der Waals surface area contributed by atoms with Crippen LogP contribution in [0.5, 0.6) is 0 Å². The van der Waals surface area contributed by atoms with Crippen molar-refractivity contribution in [3.63, 3.8) is 0 Å². The van der Waals surface area contributed by atoms with Gasteiger partial charge in [-0.15, -0.1) is 0 Å². The second-order valence-electron chi connectivity index (χ2n) is 6.13. The summed E-state index contributed by atoms with van der Waals surface area (Å²) < 4.78 is 45.3. The maximum atomic E-state index is 13.2. The number of benzene rings is 1. The van der Waals surface area contributed by atoms with E-state index in [0.29, 0.717) is 26.0 Å². The van der Waals surface area contributed by atoms with E-state index in [1.165, 1.54) is 18.2 Å². The highest BCUT2D eigenvalue weighted by Crippen LogP contribution is 2.16. The van der Waals surface area contributed by atoms with Gasteiger partial charge in [0.1, 0.15) is 5.82 Å². The summed E-state index contributed by atoms with van der Waals surface area (Å²) in [5, 5.41) is 0. The van der Waals surface area contributed by atoms with Crippen LogP contribution in [-0.4, -0.2) is 51.6 Å². The summed E-state index contributed by atoms with van der Waals surface area (Å²) in [5.41, 5.74) is 0. The lowest BCUT2D eigenvalue weighted by Crippen LogP contribution is -2.37. The number of rotatable bonds is 9. The Bertz CT molecular complexity index is 681. The Morgan fingerprint density at radius 3 is 2.92 bits per heavy atom. The summed E-state index contributed by atoms with van der Waals surface area (Å²) in [7, 11) is -3.71. The van der Waals surface area contributed by atoms with Gasteiger partial charge in [-0.3, -0.25) is 4.79 Å².